The molecule has 10 rings (SSSR count). The third kappa shape index (κ3) is 2.52. The van der Waals surface area contributed by atoms with Crippen molar-refractivity contribution in [2.24, 2.45) is 0 Å². The van der Waals surface area contributed by atoms with E-state index in [9.17, 15) is 9.59 Å². The van der Waals surface area contributed by atoms with E-state index in [0.717, 1.165) is 11.1 Å². The van der Waals surface area contributed by atoms with E-state index in [1.165, 1.54) is 8.80 Å². The summed E-state index contributed by atoms with van der Waals surface area (Å²) in [7, 11) is 0. The predicted molar refractivity (Wildman–Crippen MR) is 164 cm³/mol. The lowest BCUT2D eigenvalue weighted by atomic mass is 9.82. The molecule has 12 nitrogen and oxygen atoms in total. The zero-order valence-corrected chi connectivity index (χ0v) is 22.8. The fraction of sp³-hybridized carbons (Fsp3) is 0.0625. The minimum Gasteiger partial charge on any atom is -0.324 e. The third-order valence-corrected chi connectivity index (χ3v) is 8.85. The summed E-state index contributed by atoms with van der Waals surface area (Å²) in [6, 6.07) is 34.0. The fourth-order valence-electron chi connectivity index (χ4n) is 7.12. The Kier molecular flexibility index (Phi) is 4.10. The number of imidazole rings is 2. The van der Waals surface area contributed by atoms with Crippen molar-refractivity contribution < 1.29 is 0 Å². The monoisotopic (exact) mass is 576 g/mol. The number of nitrogens with one attached hydrogen (secondary N) is 2. The summed E-state index contributed by atoms with van der Waals surface area (Å²) < 4.78 is 6.19. The molecule has 0 bridgehead atoms. The first-order valence-corrected chi connectivity index (χ1v) is 14.1. The molecule has 4 aromatic carbocycles. The number of hydrogen-bond acceptors (Lipinski definition) is 8. The maximum atomic E-state index is 14.8. The van der Waals surface area contributed by atoms with Gasteiger partial charge in [-0.25, -0.2) is 37.5 Å². The predicted octanol–water partition coefficient (Wildman–Crippen LogP) is 3.36. The summed E-state index contributed by atoms with van der Waals surface area (Å²) in [6.45, 7) is 0. The Bertz CT molecular complexity index is 2440. The minimum atomic E-state index is -1.43. The quantitative estimate of drug-likeness (QED) is 0.321. The van der Waals surface area contributed by atoms with Crippen molar-refractivity contribution in [2.75, 3.05) is 10.6 Å². The molecule has 210 valence electrons. The minimum absolute atomic E-state index is 0.253. The van der Waals surface area contributed by atoms with Crippen LogP contribution in [0.5, 0.6) is 0 Å². The second kappa shape index (κ2) is 7.75. The van der Waals surface area contributed by atoms with E-state index in [-0.39, 0.29) is 34.8 Å². The zero-order chi connectivity index (χ0) is 29.2. The molecule has 4 aromatic heterocycles. The van der Waals surface area contributed by atoms with Crippen LogP contribution in [0.3, 0.4) is 0 Å². The SMILES string of the molecule is O=c1n2c(nc3nc4ccccc4n13)N[C@@]1(c3ccccc3)n3c(nc4nc5ccccc5n4c3=O)N[C@@]21c1ccccc1. The summed E-state index contributed by atoms with van der Waals surface area (Å²) in [6.07, 6.45) is 0. The Hall–Kier alpha value is -6.30. The van der Waals surface area contributed by atoms with Crippen LogP contribution in [0.1, 0.15) is 11.1 Å². The normalized spacial score (nSPS) is 20.1. The number of para-hydroxylation sites is 4. The molecule has 0 unspecified atom stereocenters. The van der Waals surface area contributed by atoms with E-state index in [1.807, 2.05) is 109 Å². The topological polar surface area (TPSA) is 128 Å². The van der Waals surface area contributed by atoms with Crippen molar-refractivity contribution in [1.29, 1.82) is 0 Å². The molecule has 0 aliphatic carbocycles. The van der Waals surface area contributed by atoms with Gasteiger partial charge in [-0.1, -0.05) is 84.9 Å². The molecule has 12 heteroatoms. The molecular weight excluding hydrogens is 556 g/mol. The molecule has 8 aromatic rings. The van der Waals surface area contributed by atoms with Crippen LogP contribution in [0, 0.1) is 0 Å². The molecular formula is C32H20N10O2. The molecule has 6 heterocycles. The lowest BCUT2D eigenvalue weighted by Gasteiger charge is -2.40. The average Bonchev–Trinajstić information content (AvgIpc) is 3.77. The maximum absolute atomic E-state index is 14.8. The van der Waals surface area contributed by atoms with Crippen LogP contribution in [0.25, 0.3) is 33.6 Å². The number of nitrogens with zero attached hydrogens (tertiary/aromatic N) is 8. The molecule has 2 N–H and O–H groups in total. The van der Waals surface area contributed by atoms with Crippen LogP contribution in [0.4, 0.5) is 11.9 Å². The van der Waals surface area contributed by atoms with Gasteiger partial charge in [0, 0.05) is 11.1 Å². The van der Waals surface area contributed by atoms with Gasteiger partial charge in [0.1, 0.15) is 0 Å². The van der Waals surface area contributed by atoms with E-state index in [1.54, 1.807) is 9.13 Å². The van der Waals surface area contributed by atoms with Crippen LogP contribution < -0.4 is 22.0 Å². The molecule has 0 fully saturated rings. The van der Waals surface area contributed by atoms with Gasteiger partial charge in [-0.15, -0.1) is 0 Å². The largest absolute Gasteiger partial charge is 0.340 e. The number of rotatable bonds is 2. The number of aromatic nitrogens is 8. The van der Waals surface area contributed by atoms with Gasteiger partial charge in [0.25, 0.3) is 0 Å². The lowest BCUT2D eigenvalue weighted by molar-refractivity contribution is 0.249. The maximum Gasteiger partial charge on any atom is 0.340 e. The van der Waals surface area contributed by atoms with Gasteiger partial charge in [-0.05, 0) is 24.3 Å². The average molecular weight is 577 g/mol. The molecule has 0 spiro atoms. The van der Waals surface area contributed by atoms with Crippen LogP contribution in [0.2, 0.25) is 0 Å². The fourth-order valence-corrected chi connectivity index (χ4v) is 7.12. The molecule has 2 aliphatic heterocycles. The van der Waals surface area contributed by atoms with Gasteiger partial charge in [0.15, 0.2) is 11.3 Å². The van der Waals surface area contributed by atoms with Crippen LogP contribution in [-0.2, 0) is 11.3 Å². The number of hydrogen-bond donors (Lipinski definition) is 2. The van der Waals surface area contributed by atoms with E-state index < -0.39 is 11.3 Å². The first kappa shape index (κ1) is 23.3. The second-order valence-corrected chi connectivity index (χ2v) is 11.0. The van der Waals surface area contributed by atoms with Gasteiger partial charge >= 0.3 is 11.4 Å². The highest BCUT2D eigenvalue weighted by atomic mass is 16.2. The molecule has 2 atom stereocenters. The lowest BCUT2D eigenvalue weighted by Crippen LogP contribution is -2.60. The van der Waals surface area contributed by atoms with E-state index in [0.29, 0.717) is 22.1 Å². The van der Waals surface area contributed by atoms with Gasteiger partial charge < -0.3 is 10.6 Å². The zero-order valence-electron chi connectivity index (χ0n) is 22.8. The van der Waals surface area contributed by atoms with Crippen LogP contribution in [0.15, 0.2) is 119 Å². The highest BCUT2D eigenvalue weighted by molar-refractivity contribution is 5.81. The van der Waals surface area contributed by atoms with E-state index in [4.69, 9.17) is 9.97 Å². The smallest absolute Gasteiger partial charge is 0.324 e. The summed E-state index contributed by atoms with van der Waals surface area (Å²) in [4.78, 5) is 48.7. The van der Waals surface area contributed by atoms with Crippen molar-refractivity contribution >= 4 is 45.5 Å². The van der Waals surface area contributed by atoms with Crippen molar-refractivity contribution in [3.63, 3.8) is 0 Å². The first-order chi connectivity index (χ1) is 21.6. The number of benzene rings is 4. The molecule has 0 radical (unpaired) electrons. The molecule has 0 saturated carbocycles. The Morgan fingerprint density at radius 2 is 0.864 bits per heavy atom. The number of fused-ring (bicyclic) bond motifs is 11. The molecule has 44 heavy (non-hydrogen) atoms. The Balaban J connectivity index is 1.42. The standard InChI is InChI=1S/C32H20N10O2/c43-29-39-23-17-9-7-15-21(23)34-26(39)36-28-38-32(20-13-5-2-6-14-20)31(41(28)29,19-11-3-1-4-12-19)37-27-35-25-33-22-16-8-10-18-24(22)40(25)30(44)42(27)32/h1-18H,(H,33,35,37)(H,34,36,38)/t31-,32-/m0/s1. The number of anilines is 2. The Morgan fingerprint density at radius 1 is 0.477 bits per heavy atom. The third-order valence-electron chi connectivity index (χ3n) is 8.85. The van der Waals surface area contributed by atoms with E-state index >= 15 is 0 Å². The van der Waals surface area contributed by atoms with Gasteiger partial charge in [-0.2, -0.15) is 9.97 Å². The Morgan fingerprint density at radius 3 is 1.30 bits per heavy atom. The first-order valence-electron chi connectivity index (χ1n) is 14.1. The highest BCUT2D eigenvalue weighted by Crippen LogP contribution is 2.55. The van der Waals surface area contributed by atoms with Crippen LogP contribution in [-0.4, -0.2) is 37.9 Å². The van der Waals surface area contributed by atoms with Crippen molar-refractivity contribution in [2.45, 2.75) is 11.3 Å². The molecule has 0 saturated heterocycles. The molecule has 0 amide bonds. The Labute approximate surface area is 246 Å². The van der Waals surface area contributed by atoms with Crippen LogP contribution >= 0.6 is 0 Å². The van der Waals surface area contributed by atoms with Gasteiger partial charge in [0.2, 0.25) is 23.5 Å². The second-order valence-electron chi connectivity index (χ2n) is 11.0. The van der Waals surface area contributed by atoms with Gasteiger partial charge in [0.05, 0.1) is 22.1 Å². The summed E-state index contributed by atoms with van der Waals surface area (Å²) in [5.41, 5.74) is 0.388. The van der Waals surface area contributed by atoms with E-state index in [2.05, 4.69) is 20.6 Å². The van der Waals surface area contributed by atoms with Crippen molar-refractivity contribution in [3.05, 3.63) is 141 Å². The highest BCUT2D eigenvalue weighted by Gasteiger charge is 2.69. The van der Waals surface area contributed by atoms with Crippen molar-refractivity contribution in [3.8, 4) is 0 Å². The van der Waals surface area contributed by atoms with Gasteiger partial charge in [-0.3, -0.25) is 0 Å². The summed E-state index contributed by atoms with van der Waals surface area (Å²) in [5, 5.41) is 7.14. The summed E-state index contributed by atoms with van der Waals surface area (Å²) >= 11 is 0. The molecule has 2 aliphatic rings. The summed E-state index contributed by atoms with van der Waals surface area (Å²) in [5.74, 6) is 1.02. The van der Waals surface area contributed by atoms with Crippen molar-refractivity contribution in [1.82, 2.24) is 37.9 Å².